The predicted molar refractivity (Wildman–Crippen MR) is 88.6 cm³/mol. The highest BCUT2D eigenvalue weighted by Gasteiger charge is 2.23. The maximum Gasteiger partial charge on any atom is 0.259 e. The van der Waals surface area contributed by atoms with E-state index in [1.165, 1.54) is 10.8 Å². The molecule has 1 heterocycles. The molecule has 0 aliphatic carbocycles. The normalized spacial score (nSPS) is 10.7. The lowest BCUT2D eigenvalue weighted by Gasteiger charge is -2.11. The number of nitrogens with zero attached hydrogens (tertiary/aromatic N) is 1. The van der Waals surface area contributed by atoms with Crippen LogP contribution in [-0.2, 0) is 7.05 Å². The highest BCUT2D eigenvalue weighted by atomic mass is 17.1. The number of aryl methyl sites for hydroxylation is 2. The van der Waals surface area contributed by atoms with Crippen molar-refractivity contribution >= 4 is 16.8 Å². The SMILES string of the molecule is C=Cc1cc[n+](C)c(-c2ccc3ccccc3c2C)c1OO. The van der Waals surface area contributed by atoms with Crippen LogP contribution in [-0.4, -0.2) is 5.26 Å². The summed E-state index contributed by atoms with van der Waals surface area (Å²) < 4.78 is 1.94. The molecule has 0 aliphatic heterocycles. The molecule has 3 aromatic rings. The molecule has 0 bridgehead atoms. The van der Waals surface area contributed by atoms with Crippen LogP contribution in [0.5, 0.6) is 5.75 Å². The smallest absolute Gasteiger partial charge is 0.259 e. The third kappa shape index (κ3) is 2.16. The Morgan fingerprint density at radius 2 is 1.91 bits per heavy atom. The molecule has 3 nitrogen and oxygen atoms in total. The Labute approximate surface area is 129 Å². The molecule has 3 heteroatoms. The molecule has 0 atom stereocenters. The van der Waals surface area contributed by atoms with E-state index >= 15 is 0 Å². The van der Waals surface area contributed by atoms with Gasteiger partial charge in [-0.2, -0.15) is 4.57 Å². The average Bonchev–Trinajstić information content (AvgIpc) is 2.55. The van der Waals surface area contributed by atoms with Crippen molar-refractivity contribution in [3.8, 4) is 17.0 Å². The van der Waals surface area contributed by atoms with Gasteiger partial charge >= 0.3 is 0 Å². The summed E-state index contributed by atoms with van der Waals surface area (Å²) in [6.07, 6.45) is 3.61. The van der Waals surface area contributed by atoms with Crippen molar-refractivity contribution in [2.24, 2.45) is 7.05 Å². The second kappa shape index (κ2) is 5.62. The third-order valence-corrected chi connectivity index (χ3v) is 4.07. The van der Waals surface area contributed by atoms with Gasteiger partial charge in [0.1, 0.15) is 7.05 Å². The summed E-state index contributed by atoms with van der Waals surface area (Å²) in [5.41, 5.74) is 3.74. The van der Waals surface area contributed by atoms with Crippen LogP contribution in [0, 0.1) is 6.92 Å². The fourth-order valence-corrected chi connectivity index (χ4v) is 2.89. The van der Waals surface area contributed by atoms with Gasteiger partial charge in [0.25, 0.3) is 5.69 Å². The second-order valence-electron chi connectivity index (χ2n) is 5.31. The number of benzene rings is 2. The lowest BCUT2D eigenvalue weighted by Crippen LogP contribution is -2.31. The van der Waals surface area contributed by atoms with Crippen LogP contribution in [0.3, 0.4) is 0 Å². The van der Waals surface area contributed by atoms with Crippen molar-refractivity contribution in [1.29, 1.82) is 0 Å². The van der Waals surface area contributed by atoms with Gasteiger partial charge in [-0.1, -0.05) is 43.0 Å². The third-order valence-electron chi connectivity index (χ3n) is 4.07. The minimum Gasteiger partial charge on any atom is -0.332 e. The van der Waals surface area contributed by atoms with Gasteiger partial charge < -0.3 is 4.89 Å². The van der Waals surface area contributed by atoms with Crippen LogP contribution in [0.2, 0.25) is 0 Å². The number of fused-ring (bicyclic) bond motifs is 1. The molecule has 0 aliphatic rings. The van der Waals surface area contributed by atoms with E-state index in [9.17, 15) is 5.26 Å². The molecule has 0 saturated carbocycles. The average molecular weight is 292 g/mol. The minimum atomic E-state index is 0.415. The molecular weight excluding hydrogens is 274 g/mol. The van der Waals surface area contributed by atoms with Crippen molar-refractivity contribution in [1.82, 2.24) is 0 Å². The first kappa shape index (κ1) is 14.3. The summed E-state index contributed by atoms with van der Waals surface area (Å²) in [6.45, 7) is 5.86. The Hall–Kier alpha value is -2.65. The number of hydrogen-bond acceptors (Lipinski definition) is 2. The molecule has 0 saturated heterocycles. The van der Waals surface area contributed by atoms with Crippen molar-refractivity contribution < 1.29 is 14.7 Å². The summed E-state index contributed by atoms with van der Waals surface area (Å²) in [4.78, 5) is 4.68. The van der Waals surface area contributed by atoms with Gasteiger partial charge in [-0.15, -0.1) is 0 Å². The Morgan fingerprint density at radius 3 is 2.64 bits per heavy atom. The van der Waals surface area contributed by atoms with Crippen LogP contribution in [0.15, 0.2) is 55.2 Å². The zero-order chi connectivity index (χ0) is 15.7. The van der Waals surface area contributed by atoms with E-state index in [1.807, 2.05) is 36.0 Å². The molecule has 22 heavy (non-hydrogen) atoms. The van der Waals surface area contributed by atoms with E-state index in [2.05, 4.69) is 42.7 Å². The summed E-state index contributed by atoms with van der Waals surface area (Å²) in [5, 5.41) is 11.7. The Morgan fingerprint density at radius 1 is 1.14 bits per heavy atom. The maximum absolute atomic E-state index is 9.36. The van der Waals surface area contributed by atoms with Crippen LogP contribution >= 0.6 is 0 Å². The first-order valence-corrected chi connectivity index (χ1v) is 7.12. The zero-order valence-corrected chi connectivity index (χ0v) is 12.7. The van der Waals surface area contributed by atoms with Crippen molar-refractivity contribution in [3.05, 3.63) is 66.4 Å². The van der Waals surface area contributed by atoms with Gasteiger partial charge in [-0.3, -0.25) is 0 Å². The molecule has 0 unspecified atom stereocenters. The van der Waals surface area contributed by atoms with Crippen LogP contribution in [0.1, 0.15) is 11.1 Å². The van der Waals surface area contributed by atoms with E-state index in [0.29, 0.717) is 5.75 Å². The van der Waals surface area contributed by atoms with E-state index in [4.69, 9.17) is 0 Å². The van der Waals surface area contributed by atoms with E-state index < -0.39 is 0 Å². The Balaban J connectivity index is 2.37. The summed E-state index contributed by atoms with van der Waals surface area (Å²) >= 11 is 0. The molecule has 1 N–H and O–H groups in total. The lowest BCUT2D eigenvalue weighted by molar-refractivity contribution is -0.661. The Bertz CT molecular complexity index is 869. The van der Waals surface area contributed by atoms with E-state index in [1.54, 1.807) is 6.08 Å². The fourth-order valence-electron chi connectivity index (χ4n) is 2.89. The van der Waals surface area contributed by atoms with Crippen molar-refractivity contribution in [2.75, 3.05) is 0 Å². The molecular formula is C19H18NO2+. The molecule has 1 aromatic heterocycles. The standard InChI is InChI=1S/C19H17NO2/c1-4-14-11-12-20(3)18(19(14)22-21)17-10-9-15-7-5-6-8-16(15)13(17)2/h4-12H,1H2,2-3H3/p+1. The maximum atomic E-state index is 9.36. The molecule has 0 radical (unpaired) electrons. The summed E-state index contributed by atoms with van der Waals surface area (Å²) in [5.74, 6) is 0.415. The summed E-state index contributed by atoms with van der Waals surface area (Å²) in [6, 6.07) is 14.3. The second-order valence-corrected chi connectivity index (χ2v) is 5.31. The molecule has 110 valence electrons. The van der Waals surface area contributed by atoms with E-state index in [-0.39, 0.29) is 0 Å². The first-order valence-electron chi connectivity index (χ1n) is 7.12. The van der Waals surface area contributed by atoms with Crippen LogP contribution in [0.25, 0.3) is 28.1 Å². The number of hydrogen-bond donors (Lipinski definition) is 1. The van der Waals surface area contributed by atoms with Crippen molar-refractivity contribution in [2.45, 2.75) is 6.92 Å². The van der Waals surface area contributed by atoms with Crippen molar-refractivity contribution in [3.63, 3.8) is 0 Å². The fraction of sp³-hybridized carbons (Fsp3) is 0.105. The number of rotatable bonds is 3. The lowest BCUT2D eigenvalue weighted by atomic mass is 9.96. The Kier molecular flexibility index (Phi) is 3.65. The number of pyridine rings is 1. The topological polar surface area (TPSA) is 33.3 Å². The minimum absolute atomic E-state index is 0.415. The first-order chi connectivity index (χ1) is 10.7. The van der Waals surface area contributed by atoms with Gasteiger partial charge in [0.2, 0.25) is 5.75 Å². The highest BCUT2D eigenvalue weighted by Crippen LogP contribution is 2.35. The molecule has 0 spiro atoms. The van der Waals surface area contributed by atoms with E-state index in [0.717, 1.165) is 22.4 Å². The molecule has 2 aromatic carbocycles. The largest absolute Gasteiger partial charge is 0.332 e. The quantitative estimate of drug-likeness (QED) is 0.447. The van der Waals surface area contributed by atoms with Gasteiger partial charge in [0, 0.05) is 11.6 Å². The van der Waals surface area contributed by atoms with Gasteiger partial charge in [0.15, 0.2) is 6.20 Å². The van der Waals surface area contributed by atoms with Gasteiger partial charge in [0.05, 0.1) is 5.56 Å². The highest BCUT2D eigenvalue weighted by molar-refractivity contribution is 5.91. The summed E-state index contributed by atoms with van der Waals surface area (Å²) in [7, 11) is 1.93. The van der Waals surface area contributed by atoms with Gasteiger partial charge in [-0.05, 0) is 29.3 Å². The predicted octanol–water partition coefficient (Wildman–Crippen LogP) is 4.13. The zero-order valence-electron chi connectivity index (χ0n) is 12.7. The van der Waals surface area contributed by atoms with Crippen LogP contribution < -0.4 is 9.45 Å². The molecule has 0 amide bonds. The van der Waals surface area contributed by atoms with Crippen LogP contribution in [0.4, 0.5) is 0 Å². The monoisotopic (exact) mass is 292 g/mol. The van der Waals surface area contributed by atoms with Gasteiger partial charge in [-0.25, -0.2) is 5.26 Å². The number of aromatic nitrogens is 1. The molecule has 3 rings (SSSR count). The molecule has 0 fully saturated rings.